The fourth-order valence-electron chi connectivity index (χ4n) is 2.82. The Morgan fingerprint density at radius 3 is 0.420 bits per heavy atom. The Bertz CT molecular complexity index is 1990. The Morgan fingerprint density at radius 1 is 0.280 bits per heavy atom. The molecule has 0 aliphatic heterocycles. The van der Waals surface area contributed by atoms with Gasteiger partial charge in [-0.2, -0.15) is 0 Å². The van der Waals surface area contributed by atoms with Crippen molar-refractivity contribution < 1.29 is 143 Å². The molecule has 6 N–H and O–H groups in total. The summed E-state index contributed by atoms with van der Waals surface area (Å²) < 4.78 is 189. The number of hydrogen-bond donors (Lipinski definition) is 6. The van der Waals surface area contributed by atoms with E-state index in [0.717, 1.165) is 0 Å². The van der Waals surface area contributed by atoms with Crippen LogP contribution in [0.4, 0.5) is 0 Å². The van der Waals surface area contributed by atoms with Gasteiger partial charge in [0.15, 0.2) is 0 Å². The third kappa shape index (κ3) is 13.3. The number of phenolic OH excluding ortho intramolecular Hbond substituents is 6. The van der Waals surface area contributed by atoms with Gasteiger partial charge in [-0.3, -0.25) is 0 Å². The van der Waals surface area contributed by atoms with Gasteiger partial charge in [0.2, 0.25) is 0 Å². The smallest absolute Gasteiger partial charge is 0.744 e. The first-order valence-corrected chi connectivity index (χ1v) is 19.0. The zero-order chi connectivity index (χ0) is 38.2. The standard InChI is InChI=1S/3C6H6O8S2.2Fe/c3*7-3-1-5(15(9,10)11)4(8)2-6(3)16(12,13)14;;/h3*1-2,7-8H,(H,9,10,11)(H,12,13,14);;/q;;;2*+3/p-6. The van der Waals surface area contributed by atoms with E-state index in [2.05, 4.69) is 0 Å². The molecule has 0 saturated carbocycles. The van der Waals surface area contributed by atoms with E-state index in [0.29, 0.717) is 0 Å². The van der Waals surface area contributed by atoms with Crippen molar-refractivity contribution in [2.24, 2.45) is 0 Å². The van der Waals surface area contributed by atoms with Crippen LogP contribution in [0.15, 0.2) is 65.8 Å². The minimum absolute atomic E-state index is 0. The molecule has 0 bridgehead atoms. The molecule has 0 amide bonds. The molecule has 3 aromatic carbocycles. The van der Waals surface area contributed by atoms with Crippen LogP contribution in [0.5, 0.6) is 34.5 Å². The Hall–Kier alpha value is -3.04. The van der Waals surface area contributed by atoms with E-state index in [1.165, 1.54) is 0 Å². The van der Waals surface area contributed by atoms with E-state index in [9.17, 15) is 77.8 Å². The first-order valence-electron chi connectivity index (χ1n) is 10.5. The van der Waals surface area contributed by atoms with Crippen LogP contribution in [0.1, 0.15) is 0 Å². The van der Waals surface area contributed by atoms with Gasteiger partial charge in [0, 0.05) is 36.4 Å². The molecule has 3 aromatic rings. The summed E-state index contributed by atoms with van der Waals surface area (Å²) >= 11 is 0. The van der Waals surface area contributed by atoms with E-state index in [1.54, 1.807) is 0 Å². The van der Waals surface area contributed by atoms with Crippen LogP contribution in [-0.2, 0) is 94.8 Å². The van der Waals surface area contributed by atoms with Crippen molar-refractivity contribution in [1.82, 2.24) is 0 Å². The molecule has 0 aliphatic carbocycles. The van der Waals surface area contributed by atoms with Gasteiger partial charge in [-0.1, -0.05) is 0 Å². The molecule has 0 atom stereocenters. The average Bonchev–Trinajstić information content (AvgIpc) is 2.84. The summed E-state index contributed by atoms with van der Waals surface area (Å²) in [4.78, 5) is -7.26. The summed E-state index contributed by atoms with van der Waals surface area (Å²) in [6.45, 7) is 0. The second-order valence-corrected chi connectivity index (χ2v) is 16.2. The zero-order valence-electron chi connectivity index (χ0n) is 22.7. The zero-order valence-corrected chi connectivity index (χ0v) is 29.8. The molecule has 0 heterocycles. The summed E-state index contributed by atoms with van der Waals surface area (Å²) in [7, 11) is -30.5. The van der Waals surface area contributed by atoms with Gasteiger partial charge in [-0.25, -0.2) is 50.5 Å². The number of benzene rings is 3. The predicted octanol–water partition coefficient (Wildman–Crippen LogP) is -3.29. The van der Waals surface area contributed by atoms with Crippen molar-refractivity contribution in [1.29, 1.82) is 0 Å². The maximum atomic E-state index is 10.5. The number of rotatable bonds is 6. The Labute approximate surface area is 301 Å². The van der Waals surface area contributed by atoms with E-state index >= 15 is 0 Å². The van der Waals surface area contributed by atoms with Crippen LogP contribution in [-0.4, -0.2) is 108 Å². The molecular formula is C18H12Fe2O24S6. The van der Waals surface area contributed by atoms with E-state index in [4.69, 9.17) is 30.6 Å². The molecule has 0 unspecified atom stereocenters. The second kappa shape index (κ2) is 16.5. The molecule has 0 aromatic heterocycles. The van der Waals surface area contributed by atoms with Gasteiger partial charge >= 0.3 is 34.1 Å². The van der Waals surface area contributed by atoms with Crippen LogP contribution in [0, 0.1) is 0 Å². The number of aromatic hydroxyl groups is 6. The summed E-state index contributed by atoms with van der Waals surface area (Å²) in [5, 5.41) is 54.1. The molecule has 0 fully saturated rings. The minimum atomic E-state index is -5.08. The van der Waals surface area contributed by atoms with Crippen LogP contribution >= 0.6 is 0 Å². The normalized spacial score (nSPS) is 12.1. The first-order chi connectivity index (χ1) is 21.1. The molecule has 280 valence electrons. The molecule has 2 radical (unpaired) electrons. The molecule has 0 spiro atoms. The SMILES string of the molecule is O=S(=O)([O-])c1cc(O)c(S(=O)(=O)[O-])cc1O.O=S(=O)([O-])c1cc(O)c(S(=O)(=O)[O-])cc1O.O=S(=O)([O-])c1cc(O)c(S(=O)(=O)[O-])cc1O.[Fe+3].[Fe+3]. The van der Waals surface area contributed by atoms with Crippen LogP contribution in [0.25, 0.3) is 0 Å². The second-order valence-electron chi connectivity index (χ2n) is 8.09. The van der Waals surface area contributed by atoms with Crippen LogP contribution in [0.3, 0.4) is 0 Å². The fraction of sp³-hybridized carbons (Fsp3) is 0. The van der Waals surface area contributed by atoms with Crippen molar-refractivity contribution in [2.45, 2.75) is 29.4 Å². The first kappa shape index (κ1) is 49.1. The number of hydrogen-bond acceptors (Lipinski definition) is 24. The third-order valence-corrected chi connectivity index (χ3v) is 9.93. The maximum absolute atomic E-state index is 10.5. The Morgan fingerprint density at radius 2 is 0.360 bits per heavy atom. The molecule has 0 saturated heterocycles. The summed E-state index contributed by atoms with van der Waals surface area (Å²) in [5.41, 5.74) is 0. The monoisotopic (exact) mass is 916 g/mol. The van der Waals surface area contributed by atoms with Gasteiger partial charge < -0.3 is 58.0 Å². The molecule has 32 heteroatoms. The average molecular weight is 916 g/mol. The largest absolute Gasteiger partial charge is 3.00 e. The molecule has 24 nitrogen and oxygen atoms in total. The topological polar surface area (TPSA) is 465 Å². The van der Waals surface area contributed by atoms with Gasteiger partial charge in [0.25, 0.3) is 0 Å². The van der Waals surface area contributed by atoms with Crippen molar-refractivity contribution in [3.05, 3.63) is 36.4 Å². The maximum Gasteiger partial charge on any atom is 3.00 e. The van der Waals surface area contributed by atoms with E-state index in [1.807, 2.05) is 0 Å². The van der Waals surface area contributed by atoms with Crippen molar-refractivity contribution in [3.63, 3.8) is 0 Å². The van der Waals surface area contributed by atoms with Gasteiger partial charge in [0.1, 0.15) is 95.2 Å². The quantitative estimate of drug-likeness (QED) is 0.0802. The molecule has 50 heavy (non-hydrogen) atoms. The minimum Gasteiger partial charge on any atom is -0.744 e. The van der Waals surface area contributed by atoms with Gasteiger partial charge in [0.05, 0.1) is 29.4 Å². The van der Waals surface area contributed by atoms with E-state index in [-0.39, 0.29) is 70.5 Å². The van der Waals surface area contributed by atoms with Crippen molar-refractivity contribution >= 4 is 60.7 Å². The molecule has 3 rings (SSSR count). The third-order valence-electron chi connectivity index (χ3n) is 4.74. The van der Waals surface area contributed by atoms with Crippen molar-refractivity contribution in [3.8, 4) is 34.5 Å². The molecule has 0 aliphatic rings. The van der Waals surface area contributed by atoms with Gasteiger partial charge in [-0.05, 0) is 0 Å². The Balaban J connectivity index is 0. The fourth-order valence-corrected chi connectivity index (χ4v) is 6.24. The summed E-state index contributed by atoms with van der Waals surface area (Å²) in [6.07, 6.45) is 0. The van der Waals surface area contributed by atoms with E-state index < -0.39 is 125 Å². The summed E-state index contributed by atoms with van der Waals surface area (Å²) in [5.74, 6) is -7.32. The van der Waals surface area contributed by atoms with Crippen LogP contribution < -0.4 is 0 Å². The molecular weight excluding hydrogens is 904 g/mol. The van der Waals surface area contributed by atoms with Gasteiger partial charge in [-0.15, -0.1) is 0 Å². The number of phenols is 6. The van der Waals surface area contributed by atoms with Crippen molar-refractivity contribution in [2.75, 3.05) is 0 Å². The summed E-state index contributed by atoms with van der Waals surface area (Å²) in [6, 6.07) is 1.18. The van der Waals surface area contributed by atoms with Crippen LogP contribution in [0.2, 0.25) is 0 Å². The Kier molecular flexibility index (Phi) is 16.2. The predicted molar refractivity (Wildman–Crippen MR) is 137 cm³/mol.